The Morgan fingerprint density at radius 1 is 1.29 bits per heavy atom. The van der Waals surface area contributed by atoms with Crippen molar-refractivity contribution in [3.05, 3.63) is 29.8 Å². The summed E-state index contributed by atoms with van der Waals surface area (Å²) in [5, 5.41) is 0. The molecule has 1 saturated carbocycles. The number of halogens is 3. The van der Waals surface area contributed by atoms with E-state index in [9.17, 15) is 13.2 Å². The zero-order valence-electron chi connectivity index (χ0n) is 9.63. The van der Waals surface area contributed by atoms with Crippen LogP contribution in [-0.4, -0.2) is 12.8 Å². The molecule has 17 heavy (non-hydrogen) atoms. The SMILES string of the molecule is Cc1cccc(OCC2CC(C(F)(F)F)C2)c1. The van der Waals surface area contributed by atoms with Crippen molar-refractivity contribution in [1.29, 1.82) is 0 Å². The highest BCUT2D eigenvalue weighted by Gasteiger charge is 2.47. The largest absolute Gasteiger partial charge is 0.493 e. The minimum Gasteiger partial charge on any atom is -0.493 e. The van der Waals surface area contributed by atoms with Crippen LogP contribution in [0.2, 0.25) is 0 Å². The Hall–Kier alpha value is -1.19. The van der Waals surface area contributed by atoms with Crippen molar-refractivity contribution in [1.82, 2.24) is 0 Å². The van der Waals surface area contributed by atoms with E-state index in [1.165, 1.54) is 0 Å². The van der Waals surface area contributed by atoms with E-state index in [0.29, 0.717) is 6.61 Å². The quantitative estimate of drug-likeness (QED) is 0.782. The van der Waals surface area contributed by atoms with E-state index in [2.05, 4.69) is 0 Å². The number of ether oxygens (including phenoxy) is 1. The molecule has 4 heteroatoms. The molecule has 1 aliphatic rings. The number of benzene rings is 1. The smallest absolute Gasteiger partial charge is 0.391 e. The zero-order valence-corrected chi connectivity index (χ0v) is 9.63. The monoisotopic (exact) mass is 244 g/mol. The van der Waals surface area contributed by atoms with Crippen molar-refractivity contribution in [2.24, 2.45) is 11.8 Å². The van der Waals surface area contributed by atoms with Gasteiger partial charge in [0.15, 0.2) is 0 Å². The molecule has 0 heterocycles. The number of hydrogen-bond acceptors (Lipinski definition) is 1. The van der Waals surface area contributed by atoms with Gasteiger partial charge in [-0.1, -0.05) is 12.1 Å². The lowest BCUT2D eigenvalue weighted by Gasteiger charge is -2.36. The number of rotatable bonds is 3. The summed E-state index contributed by atoms with van der Waals surface area (Å²) < 4.78 is 42.2. The summed E-state index contributed by atoms with van der Waals surface area (Å²) in [6, 6.07) is 7.55. The number of hydrogen-bond donors (Lipinski definition) is 0. The molecular weight excluding hydrogens is 229 g/mol. The fourth-order valence-corrected chi connectivity index (χ4v) is 2.06. The van der Waals surface area contributed by atoms with Gasteiger partial charge in [0.2, 0.25) is 0 Å². The molecule has 0 saturated heterocycles. The third-order valence-corrected chi connectivity index (χ3v) is 3.17. The Morgan fingerprint density at radius 2 is 2.00 bits per heavy atom. The first-order chi connectivity index (χ1) is 7.95. The summed E-state index contributed by atoms with van der Waals surface area (Å²) >= 11 is 0. The molecule has 2 rings (SSSR count). The summed E-state index contributed by atoms with van der Waals surface area (Å²) in [4.78, 5) is 0. The molecule has 1 aromatic carbocycles. The van der Waals surface area contributed by atoms with Crippen LogP contribution in [-0.2, 0) is 0 Å². The van der Waals surface area contributed by atoms with Gasteiger partial charge >= 0.3 is 6.18 Å². The lowest BCUT2D eigenvalue weighted by atomic mass is 9.75. The molecule has 1 fully saturated rings. The molecule has 1 aliphatic carbocycles. The molecule has 1 aromatic rings. The molecule has 0 radical (unpaired) electrons. The molecule has 0 unspecified atom stereocenters. The maximum Gasteiger partial charge on any atom is 0.391 e. The average Bonchev–Trinajstić information content (AvgIpc) is 2.13. The fraction of sp³-hybridized carbons (Fsp3) is 0.538. The lowest BCUT2D eigenvalue weighted by Crippen LogP contribution is -2.38. The van der Waals surface area contributed by atoms with Crippen molar-refractivity contribution < 1.29 is 17.9 Å². The van der Waals surface area contributed by atoms with Gasteiger partial charge in [-0.3, -0.25) is 0 Å². The summed E-state index contributed by atoms with van der Waals surface area (Å²) in [6.07, 6.45) is -3.62. The van der Waals surface area contributed by atoms with Crippen LogP contribution in [0, 0.1) is 18.8 Å². The molecule has 0 aromatic heterocycles. The van der Waals surface area contributed by atoms with Crippen molar-refractivity contribution in [3.8, 4) is 5.75 Å². The molecule has 0 bridgehead atoms. The topological polar surface area (TPSA) is 9.23 Å². The van der Waals surface area contributed by atoms with E-state index in [1.807, 2.05) is 31.2 Å². The minimum atomic E-state index is -4.03. The van der Waals surface area contributed by atoms with Gasteiger partial charge in [-0.2, -0.15) is 13.2 Å². The third kappa shape index (κ3) is 3.14. The highest BCUT2D eigenvalue weighted by molar-refractivity contribution is 5.27. The summed E-state index contributed by atoms with van der Waals surface area (Å²) in [6.45, 7) is 2.34. The van der Waals surface area contributed by atoms with Crippen LogP contribution in [0.3, 0.4) is 0 Å². The van der Waals surface area contributed by atoms with Crippen LogP contribution in [0.25, 0.3) is 0 Å². The van der Waals surface area contributed by atoms with Gasteiger partial charge in [0.1, 0.15) is 5.75 Å². The van der Waals surface area contributed by atoms with Gasteiger partial charge in [0.05, 0.1) is 12.5 Å². The standard InChI is InChI=1S/C13H15F3O/c1-9-3-2-4-12(5-9)17-8-10-6-11(7-10)13(14,15)16/h2-5,10-11H,6-8H2,1H3. The van der Waals surface area contributed by atoms with E-state index in [-0.39, 0.29) is 18.8 Å². The summed E-state index contributed by atoms with van der Waals surface area (Å²) in [5.74, 6) is -0.337. The van der Waals surface area contributed by atoms with Crippen LogP contribution < -0.4 is 4.74 Å². The van der Waals surface area contributed by atoms with E-state index in [4.69, 9.17) is 4.74 Å². The van der Waals surface area contributed by atoms with E-state index in [1.54, 1.807) is 0 Å². The van der Waals surface area contributed by atoms with Crippen molar-refractivity contribution in [3.63, 3.8) is 0 Å². The summed E-state index contributed by atoms with van der Waals surface area (Å²) in [5.41, 5.74) is 1.09. The Labute approximate surface area is 98.6 Å². The number of alkyl halides is 3. The minimum absolute atomic E-state index is 0.0436. The van der Waals surface area contributed by atoms with Gasteiger partial charge in [-0.15, -0.1) is 0 Å². The average molecular weight is 244 g/mol. The van der Waals surface area contributed by atoms with Crippen LogP contribution in [0.1, 0.15) is 18.4 Å². The van der Waals surface area contributed by atoms with Crippen molar-refractivity contribution in [2.45, 2.75) is 25.9 Å². The first-order valence-electron chi connectivity index (χ1n) is 5.71. The highest BCUT2D eigenvalue weighted by Crippen LogP contribution is 2.44. The molecule has 1 nitrogen and oxygen atoms in total. The van der Waals surface area contributed by atoms with E-state index >= 15 is 0 Å². The molecule has 94 valence electrons. The second kappa shape index (κ2) is 4.59. The van der Waals surface area contributed by atoms with Crippen molar-refractivity contribution in [2.75, 3.05) is 6.61 Å². The second-order valence-corrected chi connectivity index (χ2v) is 4.70. The second-order valence-electron chi connectivity index (χ2n) is 4.70. The molecule has 0 spiro atoms. The Morgan fingerprint density at radius 3 is 2.59 bits per heavy atom. The highest BCUT2D eigenvalue weighted by atomic mass is 19.4. The van der Waals surface area contributed by atoms with Gasteiger partial charge < -0.3 is 4.74 Å². The maximum atomic E-state index is 12.2. The third-order valence-electron chi connectivity index (χ3n) is 3.17. The molecule has 0 atom stereocenters. The van der Waals surface area contributed by atoms with Crippen LogP contribution in [0.4, 0.5) is 13.2 Å². The van der Waals surface area contributed by atoms with E-state index < -0.39 is 12.1 Å². The maximum absolute atomic E-state index is 12.2. The Kier molecular flexibility index (Phi) is 3.31. The molecular formula is C13H15F3O. The Balaban J connectivity index is 1.75. The van der Waals surface area contributed by atoms with Gasteiger partial charge in [0, 0.05) is 0 Å². The normalized spacial score (nSPS) is 24.2. The molecule has 0 amide bonds. The lowest BCUT2D eigenvalue weighted by molar-refractivity contribution is -0.206. The first-order valence-corrected chi connectivity index (χ1v) is 5.71. The van der Waals surface area contributed by atoms with Crippen LogP contribution in [0.15, 0.2) is 24.3 Å². The van der Waals surface area contributed by atoms with Gasteiger partial charge in [-0.05, 0) is 43.4 Å². The van der Waals surface area contributed by atoms with Crippen molar-refractivity contribution >= 4 is 0 Å². The van der Waals surface area contributed by atoms with Crippen LogP contribution in [0.5, 0.6) is 5.75 Å². The molecule has 0 N–H and O–H groups in total. The predicted molar refractivity (Wildman–Crippen MR) is 58.9 cm³/mol. The Bertz CT molecular complexity index is 380. The summed E-state index contributed by atoms with van der Waals surface area (Å²) in [7, 11) is 0. The predicted octanol–water partition coefficient (Wildman–Crippen LogP) is 3.96. The van der Waals surface area contributed by atoms with Gasteiger partial charge in [-0.25, -0.2) is 0 Å². The first kappa shape index (κ1) is 12.3. The number of aryl methyl sites for hydroxylation is 1. The van der Waals surface area contributed by atoms with E-state index in [0.717, 1.165) is 11.3 Å². The zero-order chi connectivity index (χ0) is 12.5. The van der Waals surface area contributed by atoms with Crippen LogP contribution >= 0.6 is 0 Å². The fourth-order valence-electron chi connectivity index (χ4n) is 2.06. The molecule has 0 aliphatic heterocycles. The van der Waals surface area contributed by atoms with Gasteiger partial charge in [0.25, 0.3) is 0 Å².